The summed E-state index contributed by atoms with van der Waals surface area (Å²) in [4.78, 5) is 8.63. The van der Waals surface area contributed by atoms with Crippen LogP contribution in [0.5, 0.6) is 0 Å². The average molecular weight is 322 g/mol. The third-order valence-electron chi connectivity index (χ3n) is 3.12. The molecule has 0 aliphatic carbocycles. The highest BCUT2D eigenvalue weighted by Gasteiger charge is 2.20. The third kappa shape index (κ3) is 2.41. The summed E-state index contributed by atoms with van der Waals surface area (Å²) >= 11 is 5.71. The molecule has 0 unspecified atom stereocenters. The monoisotopic (exact) mass is 321 g/mol. The Balaban J connectivity index is 2.17. The predicted molar refractivity (Wildman–Crippen MR) is 80.8 cm³/mol. The Morgan fingerprint density at radius 2 is 1.90 bits per heavy atom. The highest BCUT2D eigenvalue weighted by molar-refractivity contribution is 7.90. The van der Waals surface area contributed by atoms with E-state index in [0.29, 0.717) is 16.9 Å². The minimum atomic E-state index is -3.68. The van der Waals surface area contributed by atoms with Crippen LogP contribution in [0.1, 0.15) is 11.3 Å². The van der Waals surface area contributed by atoms with E-state index < -0.39 is 10.0 Å². The number of halogens is 1. The molecule has 0 atom stereocenters. The highest BCUT2D eigenvalue weighted by Crippen LogP contribution is 2.20. The van der Waals surface area contributed by atoms with Crippen LogP contribution in [-0.4, -0.2) is 22.4 Å². The van der Waals surface area contributed by atoms with E-state index in [1.807, 2.05) is 6.92 Å². The summed E-state index contributed by atoms with van der Waals surface area (Å²) < 4.78 is 26.4. The van der Waals surface area contributed by atoms with Crippen molar-refractivity contribution in [3.63, 3.8) is 0 Å². The van der Waals surface area contributed by atoms with Gasteiger partial charge in [0.2, 0.25) is 0 Å². The van der Waals surface area contributed by atoms with Crippen molar-refractivity contribution in [1.82, 2.24) is 13.9 Å². The zero-order valence-corrected chi connectivity index (χ0v) is 12.8. The first kappa shape index (κ1) is 14.0. The van der Waals surface area contributed by atoms with E-state index in [4.69, 9.17) is 11.6 Å². The second kappa shape index (κ2) is 5.13. The van der Waals surface area contributed by atoms with E-state index in [-0.39, 0.29) is 10.8 Å². The molecule has 0 aliphatic heterocycles. The summed E-state index contributed by atoms with van der Waals surface area (Å²) in [7, 11) is -3.68. The third-order valence-corrected chi connectivity index (χ3v) is 5.07. The van der Waals surface area contributed by atoms with E-state index in [1.54, 1.807) is 30.3 Å². The van der Waals surface area contributed by atoms with Gasteiger partial charge in [-0.15, -0.1) is 11.6 Å². The molecular formula is C14H12ClN3O2S. The number of hydrogen-bond acceptors (Lipinski definition) is 4. The first-order chi connectivity index (χ1) is 10.0. The zero-order chi connectivity index (χ0) is 15.0. The van der Waals surface area contributed by atoms with Gasteiger partial charge in [0.15, 0.2) is 5.65 Å². The Morgan fingerprint density at radius 3 is 2.57 bits per heavy atom. The Kier molecular flexibility index (Phi) is 3.43. The van der Waals surface area contributed by atoms with Crippen LogP contribution in [0, 0.1) is 6.92 Å². The van der Waals surface area contributed by atoms with Crippen LogP contribution in [0.4, 0.5) is 0 Å². The molecule has 0 saturated carbocycles. The molecule has 1 aromatic carbocycles. The fourth-order valence-corrected chi connectivity index (χ4v) is 3.43. The first-order valence-electron chi connectivity index (χ1n) is 6.23. The van der Waals surface area contributed by atoms with Gasteiger partial charge in [-0.1, -0.05) is 17.7 Å². The molecule has 0 bridgehead atoms. The van der Waals surface area contributed by atoms with E-state index in [0.717, 1.165) is 9.54 Å². The maximum absolute atomic E-state index is 12.6. The van der Waals surface area contributed by atoms with Crippen molar-refractivity contribution in [2.45, 2.75) is 17.7 Å². The van der Waals surface area contributed by atoms with Gasteiger partial charge >= 0.3 is 0 Å². The van der Waals surface area contributed by atoms with Crippen LogP contribution in [0.15, 0.2) is 47.6 Å². The van der Waals surface area contributed by atoms with Crippen molar-refractivity contribution in [1.29, 1.82) is 0 Å². The molecule has 3 rings (SSSR count). The Morgan fingerprint density at radius 1 is 1.19 bits per heavy atom. The minimum absolute atomic E-state index is 0.216. The Labute approximate surface area is 127 Å². The molecule has 3 aromatic rings. The smallest absolute Gasteiger partial charge is 0.247 e. The summed E-state index contributed by atoms with van der Waals surface area (Å²) in [5, 5.41) is 0. The summed E-state index contributed by atoms with van der Waals surface area (Å²) in [6.07, 6.45) is 2.94. The molecule has 21 heavy (non-hydrogen) atoms. The second-order valence-electron chi connectivity index (χ2n) is 4.63. The van der Waals surface area contributed by atoms with E-state index in [2.05, 4.69) is 9.97 Å². The molecule has 0 spiro atoms. The molecule has 0 N–H and O–H groups in total. The molecule has 0 saturated heterocycles. The predicted octanol–water partition coefficient (Wildman–Crippen LogP) is 2.72. The molecule has 5 nitrogen and oxygen atoms in total. The van der Waals surface area contributed by atoms with E-state index in [9.17, 15) is 8.42 Å². The van der Waals surface area contributed by atoms with Crippen molar-refractivity contribution in [3.05, 3.63) is 54.0 Å². The molecule has 7 heteroatoms. The normalized spacial score (nSPS) is 11.9. The molecule has 0 fully saturated rings. The molecule has 108 valence electrons. The fourth-order valence-electron chi connectivity index (χ4n) is 2.01. The van der Waals surface area contributed by atoms with Crippen molar-refractivity contribution >= 4 is 32.8 Å². The van der Waals surface area contributed by atoms with Gasteiger partial charge in [-0.25, -0.2) is 22.4 Å². The SMILES string of the molecule is Cc1ccc(S(=O)(=O)n2ccc3nc(CCl)cnc32)cc1. The number of hydrogen-bond donors (Lipinski definition) is 0. The Hall–Kier alpha value is -1.92. The van der Waals surface area contributed by atoms with E-state index in [1.165, 1.54) is 12.4 Å². The number of rotatable bonds is 3. The number of aromatic nitrogens is 3. The van der Waals surface area contributed by atoms with Gasteiger partial charge in [0.05, 0.1) is 22.7 Å². The van der Waals surface area contributed by atoms with Crippen LogP contribution < -0.4 is 0 Å². The van der Waals surface area contributed by atoms with Gasteiger partial charge in [0, 0.05) is 6.20 Å². The first-order valence-corrected chi connectivity index (χ1v) is 8.21. The molecule has 0 radical (unpaired) electrons. The van der Waals surface area contributed by atoms with Crippen LogP contribution in [0.3, 0.4) is 0 Å². The lowest BCUT2D eigenvalue weighted by molar-refractivity contribution is 0.588. The number of nitrogens with zero attached hydrogens (tertiary/aromatic N) is 3. The van der Waals surface area contributed by atoms with Crippen LogP contribution in [0.2, 0.25) is 0 Å². The van der Waals surface area contributed by atoms with Crippen molar-refractivity contribution in [3.8, 4) is 0 Å². The van der Waals surface area contributed by atoms with Crippen LogP contribution in [0.25, 0.3) is 11.2 Å². The molecule has 2 heterocycles. The van der Waals surface area contributed by atoms with Gasteiger partial charge in [0.25, 0.3) is 10.0 Å². The quantitative estimate of drug-likeness (QED) is 0.696. The lowest BCUT2D eigenvalue weighted by atomic mass is 10.2. The summed E-state index contributed by atoms with van der Waals surface area (Å²) in [5.74, 6) is 0.235. The Bertz CT molecular complexity index is 902. The molecule has 0 aliphatic rings. The van der Waals surface area contributed by atoms with Crippen LogP contribution >= 0.6 is 11.6 Å². The molecule has 2 aromatic heterocycles. The number of aryl methyl sites for hydroxylation is 1. The second-order valence-corrected chi connectivity index (χ2v) is 6.72. The average Bonchev–Trinajstić information content (AvgIpc) is 2.91. The van der Waals surface area contributed by atoms with Gasteiger partial charge in [0.1, 0.15) is 5.52 Å². The fraction of sp³-hybridized carbons (Fsp3) is 0.143. The van der Waals surface area contributed by atoms with Crippen molar-refractivity contribution in [2.24, 2.45) is 0 Å². The minimum Gasteiger partial charge on any atom is -0.247 e. The number of benzene rings is 1. The molecule has 0 amide bonds. The van der Waals surface area contributed by atoms with Gasteiger partial charge in [-0.3, -0.25) is 0 Å². The maximum Gasteiger partial charge on any atom is 0.269 e. The number of fused-ring (bicyclic) bond motifs is 1. The summed E-state index contributed by atoms with van der Waals surface area (Å²) in [5.41, 5.74) is 2.40. The van der Waals surface area contributed by atoms with Gasteiger partial charge in [-0.2, -0.15) is 0 Å². The van der Waals surface area contributed by atoms with E-state index >= 15 is 0 Å². The standard InChI is InChI=1S/C14H12ClN3O2S/c1-10-2-4-12(5-3-10)21(19,20)18-7-6-13-14(18)16-9-11(8-15)17-13/h2-7,9H,8H2,1H3. The topological polar surface area (TPSA) is 64.8 Å². The van der Waals surface area contributed by atoms with Gasteiger partial charge < -0.3 is 0 Å². The van der Waals surface area contributed by atoms with Gasteiger partial charge in [-0.05, 0) is 25.1 Å². The zero-order valence-electron chi connectivity index (χ0n) is 11.2. The van der Waals surface area contributed by atoms with Crippen molar-refractivity contribution < 1.29 is 8.42 Å². The summed E-state index contributed by atoms with van der Waals surface area (Å²) in [6, 6.07) is 8.30. The largest absolute Gasteiger partial charge is 0.269 e. The number of alkyl halides is 1. The highest BCUT2D eigenvalue weighted by atomic mass is 35.5. The summed E-state index contributed by atoms with van der Waals surface area (Å²) in [6.45, 7) is 1.90. The lowest BCUT2D eigenvalue weighted by Gasteiger charge is -2.07. The van der Waals surface area contributed by atoms with Crippen molar-refractivity contribution in [2.75, 3.05) is 0 Å². The molecular weight excluding hydrogens is 310 g/mol. The van der Waals surface area contributed by atoms with Crippen LogP contribution in [-0.2, 0) is 15.9 Å². The maximum atomic E-state index is 12.6. The lowest BCUT2D eigenvalue weighted by Crippen LogP contribution is -2.12.